The van der Waals surface area contributed by atoms with Gasteiger partial charge in [-0.2, -0.15) is 0 Å². The lowest BCUT2D eigenvalue weighted by molar-refractivity contribution is 0.618. The second-order valence-corrected chi connectivity index (χ2v) is 9.66. The molecule has 1 atom stereocenters. The zero-order valence-corrected chi connectivity index (χ0v) is 19.2. The summed E-state index contributed by atoms with van der Waals surface area (Å²) in [5, 5.41) is 3.09. The van der Waals surface area contributed by atoms with Gasteiger partial charge in [-0.25, -0.2) is 0 Å². The van der Waals surface area contributed by atoms with Crippen LogP contribution in [-0.4, -0.2) is 9.52 Å². The summed E-state index contributed by atoms with van der Waals surface area (Å²) in [6.07, 6.45) is 7.77. The van der Waals surface area contributed by atoms with Crippen LogP contribution < -0.4 is 10.4 Å². The molecule has 0 bridgehead atoms. The molecular formula is C26H34Si. The number of benzene rings is 2. The maximum Gasteiger partial charge on any atom is 0.123 e. The SMILES string of the molecule is CCCCCC1C(C)=Cc2c([Si]c3c(C)c(C)c(C)c(C)c3C)cccc21. The van der Waals surface area contributed by atoms with Crippen LogP contribution in [0.2, 0.25) is 0 Å². The highest BCUT2D eigenvalue weighted by Gasteiger charge is 2.24. The van der Waals surface area contributed by atoms with Crippen LogP contribution in [0.5, 0.6) is 0 Å². The van der Waals surface area contributed by atoms with Crippen molar-refractivity contribution in [2.75, 3.05) is 0 Å². The summed E-state index contributed by atoms with van der Waals surface area (Å²) in [5.74, 6) is 0.639. The Bertz CT molecular complexity index is 857. The van der Waals surface area contributed by atoms with E-state index in [0.717, 1.165) is 9.52 Å². The summed E-state index contributed by atoms with van der Waals surface area (Å²) in [6, 6.07) is 7.02. The van der Waals surface area contributed by atoms with Gasteiger partial charge in [0.2, 0.25) is 0 Å². The van der Waals surface area contributed by atoms with Crippen LogP contribution in [0.25, 0.3) is 6.08 Å². The first-order chi connectivity index (χ1) is 12.9. The van der Waals surface area contributed by atoms with Gasteiger partial charge in [0.1, 0.15) is 9.52 Å². The quantitative estimate of drug-likeness (QED) is 0.432. The van der Waals surface area contributed by atoms with E-state index in [2.05, 4.69) is 72.7 Å². The summed E-state index contributed by atoms with van der Waals surface area (Å²) in [6.45, 7) is 16.1. The summed E-state index contributed by atoms with van der Waals surface area (Å²) < 4.78 is 0. The van der Waals surface area contributed by atoms with Crippen molar-refractivity contribution in [3.05, 3.63) is 62.7 Å². The standard InChI is InChI=1S/C26H34Si/c1-8-9-10-12-22-16(2)15-24-23(22)13-11-14-25(24)27-26-20(6)18(4)17(3)19(5)21(26)7/h11,13-15,22H,8-10,12H2,1-7H3. The number of rotatable bonds is 6. The van der Waals surface area contributed by atoms with Crippen LogP contribution in [0.3, 0.4) is 0 Å². The van der Waals surface area contributed by atoms with Gasteiger partial charge in [-0.05, 0) is 86.9 Å². The highest BCUT2D eigenvalue weighted by atomic mass is 28.2. The third kappa shape index (κ3) is 3.71. The maximum atomic E-state index is 2.48. The Morgan fingerprint density at radius 3 is 2.07 bits per heavy atom. The molecule has 0 aromatic heterocycles. The first-order valence-corrected chi connectivity index (χ1v) is 11.5. The minimum Gasteiger partial charge on any atom is -0.0654 e. The van der Waals surface area contributed by atoms with Gasteiger partial charge in [-0.3, -0.25) is 0 Å². The first-order valence-electron chi connectivity index (χ1n) is 10.5. The normalized spacial score (nSPS) is 15.8. The molecular weight excluding hydrogens is 340 g/mol. The summed E-state index contributed by atoms with van der Waals surface area (Å²) >= 11 is 0. The molecule has 0 heterocycles. The average Bonchev–Trinajstić information content (AvgIpc) is 2.98. The fourth-order valence-electron chi connectivity index (χ4n) is 4.53. The molecule has 0 amide bonds. The number of fused-ring (bicyclic) bond motifs is 1. The van der Waals surface area contributed by atoms with Crippen LogP contribution in [0, 0.1) is 34.6 Å². The largest absolute Gasteiger partial charge is 0.123 e. The molecule has 27 heavy (non-hydrogen) atoms. The monoisotopic (exact) mass is 374 g/mol. The number of allylic oxidation sites excluding steroid dienone is 1. The van der Waals surface area contributed by atoms with E-state index in [1.807, 2.05) is 0 Å². The van der Waals surface area contributed by atoms with Gasteiger partial charge in [-0.1, -0.05) is 66.4 Å². The molecule has 142 valence electrons. The molecule has 2 aromatic rings. The molecule has 0 spiro atoms. The van der Waals surface area contributed by atoms with Crippen LogP contribution in [-0.2, 0) is 0 Å². The highest BCUT2D eigenvalue weighted by molar-refractivity contribution is 6.69. The number of hydrogen-bond acceptors (Lipinski definition) is 0. The summed E-state index contributed by atoms with van der Waals surface area (Å²) in [5.41, 5.74) is 12.0. The Balaban J connectivity index is 1.98. The van der Waals surface area contributed by atoms with Crippen molar-refractivity contribution >= 4 is 26.0 Å². The van der Waals surface area contributed by atoms with Gasteiger partial charge in [0.15, 0.2) is 0 Å². The molecule has 1 aliphatic carbocycles. The van der Waals surface area contributed by atoms with Gasteiger partial charge in [-0.15, -0.1) is 0 Å². The van der Waals surface area contributed by atoms with E-state index in [-0.39, 0.29) is 0 Å². The number of hydrogen-bond donors (Lipinski definition) is 0. The molecule has 2 radical (unpaired) electrons. The molecule has 3 rings (SSSR count). The predicted octanol–water partition coefficient (Wildman–Crippen LogP) is 5.96. The highest BCUT2D eigenvalue weighted by Crippen LogP contribution is 2.38. The van der Waals surface area contributed by atoms with Crippen LogP contribution >= 0.6 is 0 Å². The Hall–Kier alpha value is -1.60. The maximum absolute atomic E-state index is 2.48. The van der Waals surface area contributed by atoms with Crippen molar-refractivity contribution in [3.63, 3.8) is 0 Å². The lowest BCUT2D eigenvalue weighted by Gasteiger charge is -2.20. The van der Waals surface area contributed by atoms with E-state index in [9.17, 15) is 0 Å². The molecule has 0 aliphatic heterocycles. The van der Waals surface area contributed by atoms with Crippen LogP contribution in [0.1, 0.15) is 84.4 Å². The lowest BCUT2D eigenvalue weighted by Crippen LogP contribution is -2.34. The molecule has 1 unspecified atom stereocenters. The average molecular weight is 375 g/mol. The second-order valence-electron chi connectivity index (χ2n) is 8.37. The fourth-order valence-corrected chi connectivity index (χ4v) is 6.08. The van der Waals surface area contributed by atoms with Gasteiger partial charge in [0.25, 0.3) is 0 Å². The molecule has 0 saturated carbocycles. The number of unbranched alkanes of at least 4 members (excludes halogenated alkanes) is 2. The molecule has 0 saturated heterocycles. The summed E-state index contributed by atoms with van der Waals surface area (Å²) in [4.78, 5) is 0. The van der Waals surface area contributed by atoms with E-state index in [1.165, 1.54) is 64.3 Å². The fraction of sp³-hybridized carbons (Fsp3) is 0.462. The molecule has 1 aliphatic rings. The molecule has 0 N–H and O–H groups in total. The molecule has 0 nitrogen and oxygen atoms in total. The second kappa shape index (κ2) is 8.18. The van der Waals surface area contributed by atoms with Crippen molar-refractivity contribution in [2.24, 2.45) is 0 Å². The van der Waals surface area contributed by atoms with E-state index in [4.69, 9.17) is 0 Å². The zero-order chi connectivity index (χ0) is 19.7. The lowest BCUT2D eigenvalue weighted by atomic mass is 9.91. The van der Waals surface area contributed by atoms with Gasteiger partial charge in [0.05, 0.1) is 0 Å². The van der Waals surface area contributed by atoms with Gasteiger partial charge >= 0.3 is 0 Å². The molecule has 2 aromatic carbocycles. The van der Waals surface area contributed by atoms with Gasteiger partial charge < -0.3 is 0 Å². The Kier molecular flexibility index (Phi) is 6.10. The van der Waals surface area contributed by atoms with E-state index >= 15 is 0 Å². The molecule has 1 heteroatoms. The third-order valence-corrected chi connectivity index (χ3v) is 8.50. The van der Waals surface area contributed by atoms with Crippen molar-refractivity contribution in [1.82, 2.24) is 0 Å². The zero-order valence-electron chi connectivity index (χ0n) is 18.2. The van der Waals surface area contributed by atoms with E-state index < -0.39 is 0 Å². The minimum absolute atomic E-state index is 0.639. The smallest absolute Gasteiger partial charge is 0.0654 e. The van der Waals surface area contributed by atoms with Crippen molar-refractivity contribution < 1.29 is 0 Å². The van der Waals surface area contributed by atoms with Crippen molar-refractivity contribution in [3.8, 4) is 0 Å². The van der Waals surface area contributed by atoms with E-state index in [1.54, 1.807) is 16.3 Å². The van der Waals surface area contributed by atoms with Crippen molar-refractivity contribution in [1.29, 1.82) is 0 Å². The van der Waals surface area contributed by atoms with Gasteiger partial charge in [0, 0.05) is 5.92 Å². The summed E-state index contributed by atoms with van der Waals surface area (Å²) in [7, 11) is 0.743. The third-order valence-electron chi connectivity index (χ3n) is 6.79. The Morgan fingerprint density at radius 2 is 1.44 bits per heavy atom. The van der Waals surface area contributed by atoms with E-state index in [0.29, 0.717) is 5.92 Å². The van der Waals surface area contributed by atoms with Crippen LogP contribution in [0.4, 0.5) is 0 Å². The molecule has 0 fully saturated rings. The first kappa shape index (κ1) is 20.1. The Labute approximate surface area is 168 Å². The topological polar surface area (TPSA) is 0 Å². The van der Waals surface area contributed by atoms with Crippen LogP contribution in [0.15, 0.2) is 23.8 Å². The Morgan fingerprint density at radius 1 is 0.815 bits per heavy atom. The minimum atomic E-state index is 0.639. The predicted molar refractivity (Wildman–Crippen MR) is 122 cm³/mol. The van der Waals surface area contributed by atoms with Crippen molar-refractivity contribution in [2.45, 2.75) is 80.1 Å².